The smallest absolute Gasteiger partial charge is 0.351 e. The maximum atomic E-state index is 14.5. The number of carbonyl (C=O) groups is 1. The SMILES string of the molecule is C[C@H]1[C@H](F)C[C@@H](C(=O)NCc2cc([C@H]3C[C@H](OC(F)(F)F)C3)ncc2F)N1S(=O)(=O)c1ccc(F)cc1. The van der Waals surface area contributed by atoms with Crippen LogP contribution in [0.2, 0.25) is 0 Å². The fourth-order valence-electron chi connectivity index (χ4n) is 4.54. The Morgan fingerprint density at radius 3 is 2.43 bits per heavy atom. The van der Waals surface area contributed by atoms with Gasteiger partial charge in [0.25, 0.3) is 0 Å². The molecule has 1 saturated carbocycles. The molecular formula is C23H23F6N3O4S. The quantitative estimate of drug-likeness (QED) is 0.527. The minimum absolute atomic E-state index is 0.0191. The molecule has 0 radical (unpaired) electrons. The molecule has 1 aliphatic heterocycles. The molecule has 2 heterocycles. The number of ether oxygens (including phenoxy) is 1. The highest BCUT2D eigenvalue weighted by atomic mass is 32.2. The lowest BCUT2D eigenvalue weighted by Gasteiger charge is -2.35. The number of aromatic nitrogens is 1. The summed E-state index contributed by atoms with van der Waals surface area (Å²) < 4.78 is 110. The normalized spacial score (nSPS) is 26.6. The highest BCUT2D eigenvalue weighted by Crippen LogP contribution is 2.41. The van der Waals surface area contributed by atoms with Gasteiger partial charge in [-0.05, 0) is 50.1 Å². The number of carbonyl (C=O) groups excluding carboxylic acids is 1. The summed E-state index contributed by atoms with van der Waals surface area (Å²) in [5, 5.41) is 2.41. The molecule has 3 atom stereocenters. The van der Waals surface area contributed by atoms with Crippen LogP contribution in [0.25, 0.3) is 0 Å². The van der Waals surface area contributed by atoms with Crippen molar-refractivity contribution in [2.75, 3.05) is 0 Å². The summed E-state index contributed by atoms with van der Waals surface area (Å²) in [5.41, 5.74) is 0.306. The first-order chi connectivity index (χ1) is 17.3. The average molecular weight is 552 g/mol. The van der Waals surface area contributed by atoms with Crippen LogP contribution in [0.1, 0.15) is 43.4 Å². The van der Waals surface area contributed by atoms with Crippen LogP contribution in [0.4, 0.5) is 26.3 Å². The van der Waals surface area contributed by atoms with Gasteiger partial charge in [-0.1, -0.05) is 0 Å². The summed E-state index contributed by atoms with van der Waals surface area (Å²) in [6.07, 6.45) is -6.89. The predicted molar refractivity (Wildman–Crippen MR) is 117 cm³/mol. The highest BCUT2D eigenvalue weighted by molar-refractivity contribution is 7.89. The molecule has 1 N–H and O–H groups in total. The van der Waals surface area contributed by atoms with Gasteiger partial charge in [-0.2, -0.15) is 4.31 Å². The van der Waals surface area contributed by atoms with E-state index in [-0.39, 0.29) is 35.8 Å². The van der Waals surface area contributed by atoms with E-state index in [0.717, 1.165) is 34.8 Å². The number of sulfonamides is 1. The number of benzene rings is 1. The zero-order valence-corrected chi connectivity index (χ0v) is 20.2. The van der Waals surface area contributed by atoms with Crippen molar-refractivity contribution in [3.63, 3.8) is 0 Å². The summed E-state index contributed by atoms with van der Waals surface area (Å²) in [6, 6.07) is 2.58. The Kier molecular flexibility index (Phi) is 7.55. The van der Waals surface area contributed by atoms with Crippen molar-refractivity contribution in [3.05, 3.63) is 59.4 Å². The molecular weight excluding hydrogens is 528 g/mol. The average Bonchev–Trinajstić information content (AvgIpc) is 3.10. The molecule has 1 aliphatic carbocycles. The van der Waals surface area contributed by atoms with Gasteiger partial charge in [0, 0.05) is 30.1 Å². The molecule has 0 bridgehead atoms. The Bertz CT molecular complexity index is 1250. The number of nitrogens with zero attached hydrogens (tertiary/aromatic N) is 2. The summed E-state index contributed by atoms with van der Waals surface area (Å²) >= 11 is 0. The van der Waals surface area contributed by atoms with Crippen molar-refractivity contribution >= 4 is 15.9 Å². The molecule has 0 unspecified atom stereocenters. The van der Waals surface area contributed by atoms with Crippen molar-refractivity contribution in [1.82, 2.24) is 14.6 Å². The third-order valence-corrected chi connectivity index (χ3v) is 8.60. The third kappa shape index (κ3) is 5.91. The maximum Gasteiger partial charge on any atom is 0.522 e. The Labute approximate surface area is 208 Å². The molecule has 1 aromatic heterocycles. The van der Waals surface area contributed by atoms with Gasteiger partial charge in [0.15, 0.2) is 0 Å². The molecule has 202 valence electrons. The largest absolute Gasteiger partial charge is 0.522 e. The predicted octanol–water partition coefficient (Wildman–Crippen LogP) is 3.95. The lowest BCUT2D eigenvalue weighted by Crippen LogP contribution is -2.48. The fourth-order valence-corrected chi connectivity index (χ4v) is 6.35. The number of alkyl halides is 4. The molecule has 2 fully saturated rings. The van der Waals surface area contributed by atoms with Gasteiger partial charge in [-0.15, -0.1) is 13.2 Å². The lowest BCUT2D eigenvalue weighted by atomic mass is 9.79. The first kappa shape index (κ1) is 27.3. The second-order valence-electron chi connectivity index (χ2n) is 9.07. The van der Waals surface area contributed by atoms with Crippen LogP contribution >= 0.6 is 0 Å². The monoisotopic (exact) mass is 551 g/mol. The molecule has 4 rings (SSSR count). The molecule has 1 aromatic carbocycles. The second-order valence-corrected chi connectivity index (χ2v) is 10.9. The summed E-state index contributed by atoms with van der Waals surface area (Å²) in [6.45, 7) is 0.921. The van der Waals surface area contributed by atoms with E-state index in [4.69, 9.17) is 0 Å². The van der Waals surface area contributed by atoms with E-state index in [9.17, 15) is 39.6 Å². The Morgan fingerprint density at radius 2 is 1.81 bits per heavy atom. The molecule has 1 saturated heterocycles. The van der Waals surface area contributed by atoms with Crippen LogP contribution in [0.15, 0.2) is 41.4 Å². The number of halogens is 6. The minimum atomic E-state index is -4.75. The molecule has 37 heavy (non-hydrogen) atoms. The van der Waals surface area contributed by atoms with Crippen molar-refractivity contribution in [2.24, 2.45) is 0 Å². The Hall–Kier alpha value is -2.71. The molecule has 2 aliphatic rings. The third-order valence-electron chi connectivity index (χ3n) is 6.59. The van der Waals surface area contributed by atoms with Gasteiger partial charge >= 0.3 is 6.36 Å². The van der Waals surface area contributed by atoms with Crippen LogP contribution in [0.5, 0.6) is 0 Å². The Balaban J connectivity index is 1.45. The number of hydrogen-bond donors (Lipinski definition) is 1. The minimum Gasteiger partial charge on any atom is -0.351 e. The van der Waals surface area contributed by atoms with Gasteiger partial charge in [0.2, 0.25) is 15.9 Å². The summed E-state index contributed by atoms with van der Waals surface area (Å²) in [5.74, 6) is -2.71. The van der Waals surface area contributed by atoms with Gasteiger partial charge in [0.05, 0.1) is 23.2 Å². The lowest BCUT2D eigenvalue weighted by molar-refractivity contribution is -0.351. The van der Waals surface area contributed by atoms with Crippen LogP contribution in [0, 0.1) is 11.6 Å². The van der Waals surface area contributed by atoms with Crippen molar-refractivity contribution in [1.29, 1.82) is 0 Å². The number of nitrogens with one attached hydrogen (secondary N) is 1. The van der Waals surface area contributed by atoms with Gasteiger partial charge in [-0.25, -0.2) is 21.6 Å². The standard InChI is InChI=1S/C23H23F6N3O4S/c1-12-18(25)9-21(32(12)37(34,35)17-4-2-15(24)3-5-17)22(33)31-10-14-8-20(30-11-19(14)26)13-6-16(7-13)36-23(27,28)29/h2-5,8,11-13,16,18,21H,6-7,9-10H2,1H3,(H,31,33)/t12-,13-,16-,18+,21-/m0/s1. The fraction of sp³-hybridized carbons (Fsp3) is 0.478. The Morgan fingerprint density at radius 1 is 1.16 bits per heavy atom. The van der Waals surface area contributed by atoms with Crippen molar-refractivity contribution in [3.8, 4) is 0 Å². The summed E-state index contributed by atoms with van der Waals surface area (Å²) in [4.78, 5) is 16.5. The van der Waals surface area contributed by atoms with Crippen LogP contribution in [-0.4, -0.2) is 54.3 Å². The van der Waals surface area contributed by atoms with E-state index in [0.29, 0.717) is 5.69 Å². The number of hydrogen-bond acceptors (Lipinski definition) is 5. The van der Waals surface area contributed by atoms with E-state index < -0.39 is 64.7 Å². The van der Waals surface area contributed by atoms with E-state index in [1.54, 1.807) is 0 Å². The van der Waals surface area contributed by atoms with Crippen molar-refractivity contribution < 1.29 is 44.3 Å². The zero-order valence-electron chi connectivity index (χ0n) is 19.4. The maximum absolute atomic E-state index is 14.5. The molecule has 7 nitrogen and oxygen atoms in total. The van der Waals surface area contributed by atoms with Gasteiger partial charge in [-0.3, -0.25) is 14.5 Å². The van der Waals surface area contributed by atoms with E-state index in [2.05, 4.69) is 15.0 Å². The van der Waals surface area contributed by atoms with E-state index in [1.165, 1.54) is 13.0 Å². The topological polar surface area (TPSA) is 88.6 Å². The molecule has 1 amide bonds. The summed E-state index contributed by atoms with van der Waals surface area (Å²) in [7, 11) is -4.37. The highest BCUT2D eigenvalue weighted by Gasteiger charge is 2.49. The van der Waals surface area contributed by atoms with Gasteiger partial charge < -0.3 is 5.32 Å². The van der Waals surface area contributed by atoms with Crippen molar-refractivity contribution in [2.45, 2.75) is 74.3 Å². The first-order valence-corrected chi connectivity index (χ1v) is 12.8. The molecule has 14 heteroatoms. The molecule has 0 spiro atoms. The number of pyridine rings is 1. The van der Waals surface area contributed by atoms with Crippen LogP contribution in [0.3, 0.4) is 0 Å². The second kappa shape index (κ2) is 10.2. The number of rotatable bonds is 7. The van der Waals surface area contributed by atoms with Crippen LogP contribution in [-0.2, 0) is 26.1 Å². The van der Waals surface area contributed by atoms with E-state index >= 15 is 0 Å². The first-order valence-electron chi connectivity index (χ1n) is 11.4. The molecule has 2 aromatic rings. The van der Waals surface area contributed by atoms with Gasteiger partial charge in [0.1, 0.15) is 23.8 Å². The van der Waals surface area contributed by atoms with E-state index in [1.807, 2.05) is 0 Å². The number of amides is 1. The zero-order chi connectivity index (χ0) is 27.1. The van der Waals surface area contributed by atoms with Crippen LogP contribution < -0.4 is 5.32 Å².